The fraction of sp³-hybridized carbons (Fsp3) is 0.929. The van der Waals surface area contributed by atoms with Gasteiger partial charge in [-0.25, -0.2) is 0 Å². The molecule has 1 heterocycles. The number of hydrogen-bond acceptors (Lipinski definition) is 2. The third-order valence-corrected chi connectivity index (χ3v) is 5.11. The summed E-state index contributed by atoms with van der Waals surface area (Å²) in [6, 6.07) is 0.387. The van der Waals surface area contributed by atoms with E-state index in [1.807, 2.05) is 0 Å². The molecule has 17 heavy (non-hydrogen) atoms. The quantitative estimate of drug-likeness (QED) is 0.754. The second kappa shape index (κ2) is 4.60. The lowest BCUT2D eigenvalue weighted by atomic mass is 9.79. The Morgan fingerprint density at radius 1 is 1.00 bits per heavy atom. The van der Waals surface area contributed by atoms with Gasteiger partial charge in [0.25, 0.3) is 0 Å². The first kappa shape index (κ1) is 11.5. The zero-order valence-corrected chi connectivity index (χ0v) is 10.6. The van der Waals surface area contributed by atoms with E-state index in [4.69, 9.17) is 5.73 Å². The molecule has 96 valence electrons. The van der Waals surface area contributed by atoms with E-state index >= 15 is 0 Å². The Hall–Kier alpha value is -0.570. The van der Waals surface area contributed by atoms with Gasteiger partial charge in [0.15, 0.2) is 0 Å². The van der Waals surface area contributed by atoms with Crippen LogP contribution in [0.4, 0.5) is 0 Å². The monoisotopic (exact) mass is 236 g/mol. The van der Waals surface area contributed by atoms with Gasteiger partial charge in [0.1, 0.15) is 0 Å². The third-order valence-electron chi connectivity index (χ3n) is 5.11. The molecule has 3 nitrogen and oxygen atoms in total. The summed E-state index contributed by atoms with van der Waals surface area (Å²) in [5, 5.41) is 0. The van der Waals surface area contributed by atoms with E-state index in [-0.39, 0.29) is 0 Å². The Balaban J connectivity index is 1.61. The maximum absolute atomic E-state index is 12.4. The van der Waals surface area contributed by atoms with Crippen molar-refractivity contribution in [3.05, 3.63) is 0 Å². The molecule has 3 rings (SSSR count). The summed E-state index contributed by atoms with van der Waals surface area (Å²) in [6.07, 6.45) is 8.30. The molecule has 2 N–H and O–H groups in total. The first-order valence-corrected chi connectivity index (χ1v) is 7.28. The van der Waals surface area contributed by atoms with E-state index in [1.54, 1.807) is 0 Å². The van der Waals surface area contributed by atoms with Gasteiger partial charge in [-0.1, -0.05) is 12.8 Å². The van der Waals surface area contributed by atoms with Crippen LogP contribution in [0.1, 0.15) is 44.9 Å². The van der Waals surface area contributed by atoms with Crippen molar-refractivity contribution >= 4 is 5.91 Å². The lowest BCUT2D eigenvalue weighted by Crippen LogP contribution is -2.34. The molecular formula is C14H24N2O. The summed E-state index contributed by atoms with van der Waals surface area (Å²) in [5.41, 5.74) is 6.03. The SMILES string of the molecule is NC1CC[C@H]2CN(C(=O)C3CCCC3)C[C@H]2C1. The average molecular weight is 236 g/mol. The highest BCUT2D eigenvalue weighted by Gasteiger charge is 2.40. The van der Waals surface area contributed by atoms with Crippen molar-refractivity contribution in [2.75, 3.05) is 13.1 Å². The van der Waals surface area contributed by atoms with Gasteiger partial charge >= 0.3 is 0 Å². The molecule has 1 unspecified atom stereocenters. The van der Waals surface area contributed by atoms with Crippen molar-refractivity contribution in [3.63, 3.8) is 0 Å². The Labute approximate surface area is 104 Å². The van der Waals surface area contributed by atoms with Crippen molar-refractivity contribution in [1.29, 1.82) is 0 Å². The van der Waals surface area contributed by atoms with Crippen molar-refractivity contribution in [2.24, 2.45) is 23.5 Å². The number of likely N-dealkylation sites (tertiary alicyclic amines) is 1. The van der Waals surface area contributed by atoms with E-state index in [0.29, 0.717) is 23.8 Å². The minimum absolute atomic E-state index is 0.351. The molecule has 3 heteroatoms. The van der Waals surface area contributed by atoms with Crippen molar-refractivity contribution in [1.82, 2.24) is 4.90 Å². The maximum atomic E-state index is 12.4. The summed E-state index contributed by atoms with van der Waals surface area (Å²) in [5.74, 6) is 2.25. The minimum atomic E-state index is 0.351. The lowest BCUT2D eigenvalue weighted by Gasteiger charge is -2.27. The number of nitrogens with zero attached hydrogens (tertiary/aromatic N) is 1. The normalized spacial score (nSPS) is 38.4. The molecule has 0 aromatic carbocycles. The molecule has 1 saturated heterocycles. The number of nitrogens with two attached hydrogens (primary N) is 1. The van der Waals surface area contributed by atoms with Crippen LogP contribution in [0.25, 0.3) is 0 Å². The van der Waals surface area contributed by atoms with E-state index < -0.39 is 0 Å². The number of amides is 1. The van der Waals surface area contributed by atoms with Crippen molar-refractivity contribution < 1.29 is 4.79 Å². The minimum Gasteiger partial charge on any atom is -0.342 e. The molecule has 0 spiro atoms. The van der Waals surface area contributed by atoms with Gasteiger partial charge in [-0.05, 0) is 43.9 Å². The maximum Gasteiger partial charge on any atom is 0.225 e. The standard InChI is InChI=1S/C14H24N2O/c15-13-6-5-11-8-16(9-12(11)7-13)14(17)10-3-1-2-4-10/h10-13H,1-9,15H2/t11-,12+,13?/m0/s1. The van der Waals surface area contributed by atoms with Crippen LogP contribution in [-0.4, -0.2) is 29.9 Å². The summed E-state index contributed by atoms with van der Waals surface area (Å²) in [6.45, 7) is 2.01. The molecule has 2 aliphatic carbocycles. The smallest absolute Gasteiger partial charge is 0.225 e. The highest BCUT2D eigenvalue weighted by atomic mass is 16.2. The molecule has 0 radical (unpaired) electrons. The topological polar surface area (TPSA) is 46.3 Å². The fourth-order valence-corrected chi connectivity index (χ4v) is 4.08. The van der Waals surface area contributed by atoms with E-state index in [9.17, 15) is 4.79 Å². The van der Waals surface area contributed by atoms with Crippen LogP contribution in [0.5, 0.6) is 0 Å². The zero-order chi connectivity index (χ0) is 11.8. The Bertz CT molecular complexity index is 299. The number of fused-ring (bicyclic) bond motifs is 1. The molecule has 0 aromatic rings. The van der Waals surface area contributed by atoms with Crippen molar-refractivity contribution in [3.8, 4) is 0 Å². The van der Waals surface area contributed by atoms with Crippen LogP contribution in [0.3, 0.4) is 0 Å². The number of hydrogen-bond donors (Lipinski definition) is 1. The lowest BCUT2D eigenvalue weighted by molar-refractivity contribution is -0.134. The summed E-state index contributed by atoms with van der Waals surface area (Å²) < 4.78 is 0. The molecule has 0 aromatic heterocycles. The molecule has 1 amide bonds. The van der Waals surface area contributed by atoms with Crippen molar-refractivity contribution in [2.45, 2.75) is 51.0 Å². The van der Waals surface area contributed by atoms with Gasteiger partial charge in [0, 0.05) is 25.0 Å². The van der Waals surface area contributed by atoms with E-state index in [1.165, 1.54) is 19.3 Å². The van der Waals surface area contributed by atoms with Crippen LogP contribution in [0.15, 0.2) is 0 Å². The van der Waals surface area contributed by atoms with Gasteiger partial charge in [-0.2, -0.15) is 0 Å². The van der Waals surface area contributed by atoms with Gasteiger partial charge in [0.05, 0.1) is 0 Å². The highest BCUT2D eigenvalue weighted by Crippen LogP contribution is 2.37. The molecular weight excluding hydrogens is 212 g/mol. The largest absolute Gasteiger partial charge is 0.342 e. The summed E-state index contributed by atoms with van der Waals surface area (Å²) >= 11 is 0. The fourth-order valence-electron chi connectivity index (χ4n) is 4.08. The number of rotatable bonds is 1. The van der Waals surface area contributed by atoms with Crippen LogP contribution in [0, 0.1) is 17.8 Å². The molecule has 3 fully saturated rings. The van der Waals surface area contributed by atoms with Gasteiger partial charge in [-0.3, -0.25) is 4.79 Å². The molecule has 3 atom stereocenters. The van der Waals surface area contributed by atoms with Crippen LogP contribution in [0.2, 0.25) is 0 Å². The van der Waals surface area contributed by atoms with Gasteiger partial charge in [0.2, 0.25) is 5.91 Å². The van der Waals surface area contributed by atoms with Gasteiger partial charge < -0.3 is 10.6 Å². The molecule has 0 bridgehead atoms. The summed E-state index contributed by atoms with van der Waals surface area (Å²) in [4.78, 5) is 14.5. The average Bonchev–Trinajstić information content (AvgIpc) is 2.96. The van der Waals surface area contributed by atoms with E-state index in [2.05, 4.69) is 4.90 Å². The van der Waals surface area contributed by atoms with Gasteiger partial charge in [-0.15, -0.1) is 0 Å². The molecule has 2 saturated carbocycles. The highest BCUT2D eigenvalue weighted by molar-refractivity contribution is 5.79. The number of carbonyl (C=O) groups excluding carboxylic acids is 1. The first-order chi connectivity index (χ1) is 8.24. The Morgan fingerprint density at radius 2 is 1.71 bits per heavy atom. The Kier molecular flexibility index (Phi) is 3.12. The molecule has 1 aliphatic heterocycles. The summed E-state index contributed by atoms with van der Waals surface area (Å²) in [7, 11) is 0. The van der Waals surface area contributed by atoms with Crippen LogP contribution in [-0.2, 0) is 4.79 Å². The zero-order valence-electron chi connectivity index (χ0n) is 10.6. The Morgan fingerprint density at radius 3 is 2.47 bits per heavy atom. The first-order valence-electron chi connectivity index (χ1n) is 7.28. The van der Waals surface area contributed by atoms with E-state index in [0.717, 1.165) is 44.7 Å². The van der Waals surface area contributed by atoms with Crippen LogP contribution < -0.4 is 5.73 Å². The number of carbonyl (C=O) groups is 1. The predicted molar refractivity (Wildman–Crippen MR) is 67.3 cm³/mol. The van der Waals surface area contributed by atoms with Crippen LogP contribution >= 0.6 is 0 Å². The third kappa shape index (κ3) is 2.22. The molecule has 3 aliphatic rings. The predicted octanol–water partition coefficient (Wildman–Crippen LogP) is 1.76. The second-order valence-corrected chi connectivity index (χ2v) is 6.32. The second-order valence-electron chi connectivity index (χ2n) is 6.32.